The number of amides is 1. The van der Waals surface area contributed by atoms with Gasteiger partial charge in [0.15, 0.2) is 0 Å². The molecular weight excluding hydrogens is 474 g/mol. The molecule has 0 saturated carbocycles. The first-order chi connectivity index (χ1) is 15.1. The molecule has 9 heteroatoms. The van der Waals surface area contributed by atoms with E-state index in [-0.39, 0.29) is 15.5 Å². The zero-order valence-electron chi connectivity index (χ0n) is 17.4. The standard InChI is InChI=1S/C23H21Cl2FN2O3S/c1-15-6-9-18(10-7-15)32(30,31)28(13-19-20(25)4-3-5-21(19)26)14-23(29)27-22-11-8-17(24)12-16(22)2/h3-12H,13-14H2,1-2H3,(H,27,29). The second-order valence-corrected chi connectivity index (χ2v) is 10.1. The number of benzene rings is 3. The van der Waals surface area contributed by atoms with E-state index in [0.717, 1.165) is 15.4 Å². The Morgan fingerprint density at radius 2 is 1.72 bits per heavy atom. The Morgan fingerprint density at radius 1 is 1.03 bits per heavy atom. The number of anilines is 1. The van der Waals surface area contributed by atoms with E-state index in [2.05, 4.69) is 5.32 Å². The zero-order chi connectivity index (χ0) is 23.5. The smallest absolute Gasteiger partial charge is 0.243 e. The molecule has 0 saturated heterocycles. The number of hydrogen-bond donors (Lipinski definition) is 1. The number of halogens is 3. The van der Waals surface area contributed by atoms with Gasteiger partial charge in [-0.2, -0.15) is 4.31 Å². The highest BCUT2D eigenvalue weighted by atomic mass is 35.5. The molecule has 32 heavy (non-hydrogen) atoms. The van der Waals surface area contributed by atoms with Gasteiger partial charge in [-0.05, 0) is 61.9 Å². The van der Waals surface area contributed by atoms with E-state index in [4.69, 9.17) is 23.2 Å². The van der Waals surface area contributed by atoms with E-state index in [9.17, 15) is 17.6 Å². The minimum atomic E-state index is -4.13. The van der Waals surface area contributed by atoms with Crippen molar-refractivity contribution in [2.45, 2.75) is 25.3 Å². The Kier molecular flexibility index (Phi) is 7.56. The molecule has 0 heterocycles. The maximum absolute atomic E-state index is 14.4. The van der Waals surface area contributed by atoms with Crippen LogP contribution >= 0.6 is 23.2 Å². The van der Waals surface area contributed by atoms with E-state index < -0.39 is 34.8 Å². The van der Waals surface area contributed by atoms with Crippen molar-refractivity contribution in [1.29, 1.82) is 0 Å². The largest absolute Gasteiger partial charge is 0.325 e. The first-order valence-corrected chi connectivity index (χ1v) is 11.8. The van der Waals surface area contributed by atoms with Crippen molar-refractivity contribution in [1.82, 2.24) is 4.31 Å². The molecular formula is C23H21Cl2FN2O3S. The Balaban J connectivity index is 1.94. The molecule has 0 aliphatic carbocycles. The van der Waals surface area contributed by atoms with Gasteiger partial charge in [-0.1, -0.05) is 47.0 Å². The zero-order valence-corrected chi connectivity index (χ0v) is 19.7. The van der Waals surface area contributed by atoms with Gasteiger partial charge < -0.3 is 5.32 Å². The second kappa shape index (κ2) is 10.0. The summed E-state index contributed by atoms with van der Waals surface area (Å²) >= 11 is 12.1. The quantitative estimate of drug-likeness (QED) is 0.466. The summed E-state index contributed by atoms with van der Waals surface area (Å²) in [6, 6.07) is 15.2. The maximum Gasteiger partial charge on any atom is 0.243 e. The summed E-state index contributed by atoms with van der Waals surface area (Å²) in [4.78, 5) is 12.8. The lowest BCUT2D eigenvalue weighted by Gasteiger charge is -2.23. The van der Waals surface area contributed by atoms with Gasteiger partial charge in [0, 0.05) is 27.8 Å². The molecule has 168 valence electrons. The van der Waals surface area contributed by atoms with Crippen LogP contribution in [0.15, 0.2) is 65.6 Å². The van der Waals surface area contributed by atoms with Gasteiger partial charge in [0.25, 0.3) is 0 Å². The molecule has 0 bridgehead atoms. The summed E-state index contributed by atoms with van der Waals surface area (Å²) in [6.07, 6.45) is 0. The highest BCUT2D eigenvalue weighted by Gasteiger charge is 2.28. The summed E-state index contributed by atoms with van der Waals surface area (Å²) in [7, 11) is -4.13. The van der Waals surface area contributed by atoms with Crippen molar-refractivity contribution >= 4 is 44.8 Å². The summed E-state index contributed by atoms with van der Waals surface area (Å²) in [5.41, 5.74) is 2.08. The third kappa shape index (κ3) is 5.66. The van der Waals surface area contributed by atoms with Crippen molar-refractivity contribution in [3.05, 3.63) is 93.2 Å². The van der Waals surface area contributed by atoms with E-state index in [0.29, 0.717) is 10.7 Å². The van der Waals surface area contributed by atoms with Crippen molar-refractivity contribution in [3.63, 3.8) is 0 Å². The highest BCUT2D eigenvalue weighted by molar-refractivity contribution is 7.89. The molecule has 0 aliphatic rings. The summed E-state index contributed by atoms with van der Waals surface area (Å²) in [6.45, 7) is 2.65. The van der Waals surface area contributed by atoms with Crippen LogP contribution in [0.4, 0.5) is 10.1 Å². The van der Waals surface area contributed by atoms with Gasteiger partial charge in [0.2, 0.25) is 15.9 Å². The van der Waals surface area contributed by atoms with Crippen LogP contribution in [0, 0.1) is 19.7 Å². The van der Waals surface area contributed by atoms with E-state index in [1.165, 1.54) is 30.3 Å². The molecule has 3 rings (SSSR count). The van der Waals surface area contributed by atoms with E-state index >= 15 is 0 Å². The van der Waals surface area contributed by atoms with Gasteiger partial charge in [0.1, 0.15) is 5.82 Å². The molecule has 1 amide bonds. The van der Waals surface area contributed by atoms with Gasteiger partial charge in [-0.3, -0.25) is 4.79 Å². The first-order valence-electron chi connectivity index (χ1n) is 9.63. The summed E-state index contributed by atoms with van der Waals surface area (Å²) in [5, 5.41) is 3.27. The first kappa shape index (κ1) is 24.2. The van der Waals surface area contributed by atoms with Crippen LogP contribution in [0.5, 0.6) is 0 Å². The monoisotopic (exact) mass is 494 g/mol. The number of carbonyl (C=O) groups excluding carboxylic acids is 1. The van der Waals surface area contributed by atoms with E-state index in [1.54, 1.807) is 37.3 Å². The van der Waals surface area contributed by atoms with Crippen molar-refractivity contribution in [3.8, 4) is 0 Å². The molecule has 1 N–H and O–H groups in total. The molecule has 3 aromatic carbocycles. The Hall–Kier alpha value is -2.45. The molecule has 0 aliphatic heterocycles. The van der Waals surface area contributed by atoms with Gasteiger partial charge in [-0.15, -0.1) is 0 Å². The third-order valence-electron chi connectivity index (χ3n) is 4.84. The highest BCUT2D eigenvalue weighted by Crippen LogP contribution is 2.25. The average molecular weight is 495 g/mol. The van der Waals surface area contributed by atoms with Crippen molar-refractivity contribution < 1.29 is 17.6 Å². The topological polar surface area (TPSA) is 66.5 Å². The predicted molar refractivity (Wildman–Crippen MR) is 125 cm³/mol. The van der Waals surface area contributed by atoms with Crippen molar-refractivity contribution in [2.24, 2.45) is 0 Å². The van der Waals surface area contributed by atoms with E-state index in [1.807, 2.05) is 6.92 Å². The molecule has 0 atom stereocenters. The lowest BCUT2D eigenvalue weighted by molar-refractivity contribution is -0.116. The second-order valence-electron chi connectivity index (χ2n) is 7.29. The number of hydrogen-bond acceptors (Lipinski definition) is 3. The molecule has 0 aromatic heterocycles. The SMILES string of the molecule is Cc1ccc(S(=O)(=O)N(CC(=O)Nc2ccc(Cl)cc2C)Cc2c(F)cccc2Cl)cc1. The fraction of sp³-hybridized carbons (Fsp3) is 0.174. The fourth-order valence-electron chi connectivity index (χ4n) is 3.06. The number of nitrogens with one attached hydrogen (secondary N) is 1. The van der Waals surface area contributed by atoms with Crippen molar-refractivity contribution in [2.75, 3.05) is 11.9 Å². The molecule has 0 radical (unpaired) electrons. The summed E-state index contributed by atoms with van der Waals surface area (Å²) in [5.74, 6) is -1.24. The number of sulfonamides is 1. The third-order valence-corrected chi connectivity index (χ3v) is 7.23. The van der Waals surface area contributed by atoms with Crippen LogP contribution in [0.1, 0.15) is 16.7 Å². The van der Waals surface area contributed by atoms with Gasteiger partial charge in [0.05, 0.1) is 11.4 Å². The van der Waals surface area contributed by atoms with Gasteiger partial charge in [-0.25, -0.2) is 12.8 Å². The molecule has 0 spiro atoms. The lowest BCUT2D eigenvalue weighted by Crippen LogP contribution is -2.38. The Morgan fingerprint density at radius 3 is 2.34 bits per heavy atom. The van der Waals surface area contributed by atoms with Crippen LogP contribution < -0.4 is 5.32 Å². The molecule has 3 aromatic rings. The lowest BCUT2D eigenvalue weighted by atomic mass is 10.2. The average Bonchev–Trinajstić information content (AvgIpc) is 2.72. The number of nitrogens with zero attached hydrogens (tertiary/aromatic N) is 1. The predicted octanol–water partition coefficient (Wildman–Crippen LogP) is 5.58. The van der Waals surface area contributed by atoms with Crippen LogP contribution in [0.25, 0.3) is 0 Å². The van der Waals surface area contributed by atoms with Crippen LogP contribution in [0.3, 0.4) is 0 Å². The number of carbonyl (C=O) groups is 1. The van der Waals surface area contributed by atoms with Crippen LogP contribution in [-0.4, -0.2) is 25.2 Å². The molecule has 0 unspecified atom stereocenters. The molecule has 5 nitrogen and oxygen atoms in total. The summed E-state index contributed by atoms with van der Waals surface area (Å²) < 4.78 is 42.0. The number of rotatable bonds is 7. The van der Waals surface area contributed by atoms with Crippen LogP contribution in [-0.2, 0) is 21.4 Å². The minimum absolute atomic E-state index is 0.00830. The van der Waals surface area contributed by atoms with Gasteiger partial charge >= 0.3 is 0 Å². The fourth-order valence-corrected chi connectivity index (χ4v) is 4.88. The maximum atomic E-state index is 14.4. The van der Waals surface area contributed by atoms with Crippen LogP contribution in [0.2, 0.25) is 10.0 Å². The number of aryl methyl sites for hydroxylation is 2. The molecule has 0 fully saturated rings. The Bertz CT molecular complexity index is 1230. The Labute approximate surface area is 196 Å². The normalized spacial score (nSPS) is 11.6. The minimum Gasteiger partial charge on any atom is -0.325 e.